The average Bonchev–Trinajstić information content (AvgIpc) is 3.10. The Kier molecular flexibility index (Phi) is 2.99. The van der Waals surface area contributed by atoms with Gasteiger partial charge in [-0.25, -0.2) is 4.79 Å². The summed E-state index contributed by atoms with van der Waals surface area (Å²) < 4.78 is 10.5. The molecule has 16 heavy (non-hydrogen) atoms. The third-order valence-corrected chi connectivity index (χ3v) is 2.60. The third kappa shape index (κ3) is 2.45. The largest absolute Gasteiger partial charge is 0.497 e. The maximum atomic E-state index is 11.0. The summed E-state index contributed by atoms with van der Waals surface area (Å²) >= 11 is 0. The molecule has 0 aliphatic heterocycles. The summed E-state index contributed by atoms with van der Waals surface area (Å²) in [7, 11) is 1.56. The second-order valence-corrected chi connectivity index (χ2v) is 3.89. The fourth-order valence-electron chi connectivity index (χ4n) is 1.57. The van der Waals surface area contributed by atoms with E-state index in [0.717, 1.165) is 12.8 Å². The van der Waals surface area contributed by atoms with Gasteiger partial charge in [-0.2, -0.15) is 0 Å². The van der Waals surface area contributed by atoms with Crippen LogP contribution in [0.3, 0.4) is 0 Å². The minimum absolute atomic E-state index is 0.156. The lowest BCUT2D eigenvalue weighted by atomic mass is 10.2. The van der Waals surface area contributed by atoms with Crippen molar-refractivity contribution in [2.24, 2.45) is 5.92 Å². The van der Waals surface area contributed by atoms with Gasteiger partial charge in [0.25, 0.3) is 0 Å². The smallest absolute Gasteiger partial charge is 0.345 e. The molecule has 1 atom stereocenters. The van der Waals surface area contributed by atoms with Gasteiger partial charge in [0.15, 0.2) is 6.10 Å². The zero-order valence-corrected chi connectivity index (χ0v) is 9.05. The highest BCUT2D eigenvalue weighted by molar-refractivity contribution is 5.73. The maximum absolute atomic E-state index is 11.0. The van der Waals surface area contributed by atoms with Gasteiger partial charge in [0, 0.05) is 12.0 Å². The molecule has 0 saturated heterocycles. The first kappa shape index (κ1) is 10.8. The fourth-order valence-corrected chi connectivity index (χ4v) is 1.57. The van der Waals surface area contributed by atoms with Gasteiger partial charge in [0.2, 0.25) is 0 Å². The van der Waals surface area contributed by atoms with Crippen molar-refractivity contribution in [3.8, 4) is 11.5 Å². The minimum Gasteiger partial charge on any atom is -0.497 e. The van der Waals surface area contributed by atoms with E-state index in [1.807, 2.05) is 0 Å². The number of hydrogen-bond donors (Lipinski definition) is 1. The number of benzene rings is 1. The number of rotatable bonds is 5. The van der Waals surface area contributed by atoms with Gasteiger partial charge in [-0.15, -0.1) is 0 Å². The van der Waals surface area contributed by atoms with E-state index in [1.165, 1.54) is 0 Å². The molecule has 4 heteroatoms. The minimum atomic E-state index is -0.898. The van der Waals surface area contributed by atoms with Crippen LogP contribution in [-0.4, -0.2) is 24.3 Å². The van der Waals surface area contributed by atoms with Crippen molar-refractivity contribution < 1.29 is 19.4 Å². The lowest BCUT2D eigenvalue weighted by Crippen LogP contribution is -2.29. The van der Waals surface area contributed by atoms with Gasteiger partial charge in [0.05, 0.1) is 7.11 Å². The number of hydrogen-bond acceptors (Lipinski definition) is 3. The molecule has 1 saturated carbocycles. The van der Waals surface area contributed by atoms with E-state index in [4.69, 9.17) is 14.6 Å². The van der Waals surface area contributed by atoms with Crippen LogP contribution in [-0.2, 0) is 4.79 Å². The lowest BCUT2D eigenvalue weighted by Gasteiger charge is -2.14. The Morgan fingerprint density at radius 2 is 2.12 bits per heavy atom. The van der Waals surface area contributed by atoms with Crippen LogP contribution in [0, 0.1) is 5.92 Å². The molecule has 1 unspecified atom stereocenters. The Morgan fingerprint density at radius 1 is 1.44 bits per heavy atom. The summed E-state index contributed by atoms with van der Waals surface area (Å²) in [5.41, 5.74) is 0. The predicted molar refractivity (Wildman–Crippen MR) is 57.8 cm³/mol. The van der Waals surface area contributed by atoms with E-state index in [1.54, 1.807) is 31.4 Å². The van der Waals surface area contributed by atoms with Crippen molar-refractivity contribution in [2.45, 2.75) is 18.9 Å². The number of aliphatic carboxylic acids is 1. The molecule has 1 aromatic carbocycles. The van der Waals surface area contributed by atoms with E-state index in [2.05, 4.69) is 0 Å². The average molecular weight is 222 g/mol. The standard InChI is InChI=1S/C12H14O4/c1-15-9-3-2-4-10(7-9)16-11(12(13)14)8-5-6-8/h2-4,7-8,11H,5-6H2,1H3,(H,13,14). The fraction of sp³-hybridized carbons (Fsp3) is 0.417. The first-order valence-electron chi connectivity index (χ1n) is 5.24. The Bertz CT molecular complexity index is 384. The number of carboxylic acid groups (broad SMARTS) is 1. The summed E-state index contributed by atoms with van der Waals surface area (Å²) in [5, 5.41) is 9.02. The molecule has 0 spiro atoms. The van der Waals surface area contributed by atoms with E-state index in [0.29, 0.717) is 11.5 Å². The van der Waals surface area contributed by atoms with E-state index >= 15 is 0 Å². The van der Waals surface area contributed by atoms with Gasteiger partial charge in [-0.3, -0.25) is 0 Å². The van der Waals surface area contributed by atoms with Crippen LogP contribution in [0.25, 0.3) is 0 Å². The van der Waals surface area contributed by atoms with Crippen molar-refractivity contribution in [2.75, 3.05) is 7.11 Å². The van der Waals surface area contributed by atoms with Gasteiger partial charge in [-0.05, 0) is 25.0 Å². The van der Waals surface area contributed by atoms with Gasteiger partial charge >= 0.3 is 5.97 Å². The Hall–Kier alpha value is -1.71. The van der Waals surface area contributed by atoms with Crippen LogP contribution < -0.4 is 9.47 Å². The molecule has 1 aromatic rings. The highest BCUT2D eigenvalue weighted by Crippen LogP contribution is 2.35. The molecular weight excluding hydrogens is 208 g/mol. The highest BCUT2D eigenvalue weighted by Gasteiger charge is 2.38. The summed E-state index contributed by atoms with van der Waals surface area (Å²) in [5.74, 6) is 0.463. The number of carbonyl (C=O) groups is 1. The van der Waals surface area contributed by atoms with E-state index in [-0.39, 0.29) is 5.92 Å². The van der Waals surface area contributed by atoms with Crippen LogP contribution >= 0.6 is 0 Å². The summed E-state index contributed by atoms with van der Waals surface area (Å²) in [6.45, 7) is 0. The molecule has 4 nitrogen and oxygen atoms in total. The van der Waals surface area contributed by atoms with Crippen molar-refractivity contribution in [1.29, 1.82) is 0 Å². The maximum Gasteiger partial charge on any atom is 0.345 e. The van der Waals surface area contributed by atoms with Gasteiger partial charge < -0.3 is 14.6 Å². The molecule has 0 aromatic heterocycles. The van der Waals surface area contributed by atoms with Crippen LogP contribution in [0.1, 0.15) is 12.8 Å². The summed E-state index contributed by atoms with van der Waals surface area (Å²) in [4.78, 5) is 11.0. The Labute approximate surface area is 93.8 Å². The van der Waals surface area contributed by atoms with Crippen LogP contribution in [0.4, 0.5) is 0 Å². The first-order chi connectivity index (χ1) is 7.70. The van der Waals surface area contributed by atoms with E-state index in [9.17, 15) is 4.79 Å². The topological polar surface area (TPSA) is 55.8 Å². The zero-order chi connectivity index (χ0) is 11.5. The molecule has 0 heterocycles. The lowest BCUT2D eigenvalue weighted by molar-refractivity contribution is -0.146. The molecular formula is C12H14O4. The van der Waals surface area contributed by atoms with Crippen LogP contribution in [0.15, 0.2) is 24.3 Å². The quantitative estimate of drug-likeness (QED) is 0.827. The zero-order valence-electron chi connectivity index (χ0n) is 9.05. The van der Waals surface area contributed by atoms with Gasteiger partial charge in [-0.1, -0.05) is 6.07 Å². The van der Waals surface area contributed by atoms with Crippen molar-refractivity contribution in [1.82, 2.24) is 0 Å². The van der Waals surface area contributed by atoms with Crippen molar-refractivity contribution >= 4 is 5.97 Å². The molecule has 1 N–H and O–H groups in total. The number of ether oxygens (including phenoxy) is 2. The molecule has 1 fully saturated rings. The Morgan fingerprint density at radius 3 is 2.69 bits per heavy atom. The second-order valence-electron chi connectivity index (χ2n) is 3.89. The molecule has 1 aliphatic rings. The summed E-state index contributed by atoms with van der Waals surface area (Å²) in [6.07, 6.45) is 1.13. The van der Waals surface area contributed by atoms with Crippen molar-refractivity contribution in [3.63, 3.8) is 0 Å². The molecule has 86 valence electrons. The number of carboxylic acids is 1. The molecule has 0 bridgehead atoms. The molecule has 2 rings (SSSR count). The predicted octanol–water partition coefficient (Wildman–Crippen LogP) is 1.94. The monoisotopic (exact) mass is 222 g/mol. The SMILES string of the molecule is COc1cccc(OC(C(=O)O)C2CC2)c1. The van der Waals surface area contributed by atoms with Crippen LogP contribution in [0.5, 0.6) is 11.5 Å². The highest BCUT2D eigenvalue weighted by atomic mass is 16.5. The summed E-state index contributed by atoms with van der Waals surface area (Å²) in [6, 6.07) is 7.00. The normalized spacial score (nSPS) is 16.6. The molecule has 1 aliphatic carbocycles. The molecule has 0 amide bonds. The third-order valence-electron chi connectivity index (χ3n) is 2.60. The van der Waals surface area contributed by atoms with E-state index < -0.39 is 12.1 Å². The van der Waals surface area contributed by atoms with Gasteiger partial charge in [0.1, 0.15) is 11.5 Å². The second kappa shape index (κ2) is 4.43. The van der Waals surface area contributed by atoms with Crippen LogP contribution in [0.2, 0.25) is 0 Å². The Balaban J connectivity index is 2.08. The number of methoxy groups -OCH3 is 1. The van der Waals surface area contributed by atoms with Crippen molar-refractivity contribution in [3.05, 3.63) is 24.3 Å². The first-order valence-corrected chi connectivity index (χ1v) is 5.24. The molecule has 0 radical (unpaired) electrons.